The van der Waals surface area contributed by atoms with Gasteiger partial charge < -0.3 is 48.4 Å². The number of allylic oxidation sites excluding steroid dienone is 2. The number of amides is 1. The summed E-state index contributed by atoms with van der Waals surface area (Å²) in [6, 6.07) is 15.9. The van der Waals surface area contributed by atoms with Gasteiger partial charge in [0.1, 0.15) is 24.4 Å². The third-order valence-electron chi connectivity index (χ3n) is 11.4. The van der Waals surface area contributed by atoms with E-state index in [2.05, 4.69) is 58.9 Å². The summed E-state index contributed by atoms with van der Waals surface area (Å²) in [5.74, 6) is 2.11. The first-order chi connectivity index (χ1) is 27.8. The highest BCUT2D eigenvalue weighted by Crippen LogP contribution is 2.35. The smallest absolute Gasteiger partial charge is 0.404 e. The van der Waals surface area contributed by atoms with Crippen molar-refractivity contribution in [1.82, 2.24) is 0 Å². The van der Waals surface area contributed by atoms with E-state index in [1.54, 1.807) is 28.4 Å². The monoisotopic (exact) mass is 812 g/mol. The lowest BCUT2D eigenvalue weighted by atomic mass is 9.84. The number of benzene rings is 2. The van der Waals surface area contributed by atoms with Crippen molar-refractivity contribution in [3.63, 3.8) is 0 Å². The largest absolute Gasteiger partial charge is 0.497 e. The summed E-state index contributed by atoms with van der Waals surface area (Å²) in [5, 5.41) is 0. The van der Waals surface area contributed by atoms with Crippen molar-refractivity contribution in [3.05, 3.63) is 84.0 Å². The Balaban J connectivity index is 1.72. The molecule has 1 saturated heterocycles. The van der Waals surface area contributed by atoms with Crippen LogP contribution in [0.1, 0.15) is 85.3 Å². The molecule has 2 aromatic rings. The molecule has 0 bridgehead atoms. The molecule has 1 fully saturated rings. The third kappa shape index (κ3) is 15.6. The molecule has 11 atom stereocenters. The van der Waals surface area contributed by atoms with Crippen molar-refractivity contribution in [2.24, 2.45) is 41.2 Å². The fraction of sp³-hybridized carbons (Fsp3) is 0.638. The summed E-state index contributed by atoms with van der Waals surface area (Å²) in [4.78, 5) is 11.8. The number of nitrogens with two attached hydrogens (primary N) is 1. The number of carbonyl (C=O) groups is 1. The van der Waals surface area contributed by atoms with Gasteiger partial charge in [-0.1, -0.05) is 97.0 Å². The Hall–Kier alpha value is -3.45. The van der Waals surface area contributed by atoms with Crippen LogP contribution in [0.2, 0.25) is 0 Å². The number of carbonyl (C=O) groups excluding carboxylic acids is 1. The lowest BCUT2D eigenvalue weighted by Gasteiger charge is -2.43. The lowest BCUT2D eigenvalue weighted by molar-refractivity contribution is -0.271. The molecular weight excluding hydrogens is 739 g/mol. The molecule has 58 heavy (non-hydrogen) atoms. The molecule has 1 heterocycles. The molecule has 2 aromatic carbocycles. The highest BCUT2D eigenvalue weighted by molar-refractivity contribution is 5.64. The Morgan fingerprint density at radius 3 is 1.81 bits per heavy atom. The van der Waals surface area contributed by atoms with Gasteiger partial charge >= 0.3 is 6.09 Å². The molecule has 0 saturated carbocycles. The van der Waals surface area contributed by atoms with Gasteiger partial charge in [-0.3, -0.25) is 0 Å². The van der Waals surface area contributed by atoms with E-state index >= 15 is 0 Å². The summed E-state index contributed by atoms with van der Waals surface area (Å²) in [5.41, 5.74) is 7.61. The summed E-state index contributed by atoms with van der Waals surface area (Å²) in [7, 11) is 6.65. The van der Waals surface area contributed by atoms with E-state index in [0.717, 1.165) is 48.3 Å². The molecule has 0 aliphatic carbocycles. The van der Waals surface area contributed by atoms with Crippen LogP contribution in [-0.2, 0) is 46.4 Å². The van der Waals surface area contributed by atoms with Crippen molar-refractivity contribution in [2.45, 2.75) is 124 Å². The topological polar surface area (TPSA) is 126 Å². The van der Waals surface area contributed by atoms with Crippen LogP contribution in [0.5, 0.6) is 11.5 Å². The number of ether oxygens (including phenoxy) is 9. The van der Waals surface area contributed by atoms with Crippen LogP contribution in [0.4, 0.5) is 4.79 Å². The van der Waals surface area contributed by atoms with Crippen LogP contribution in [0.25, 0.3) is 0 Å². The minimum Gasteiger partial charge on any atom is -0.497 e. The maximum absolute atomic E-state index is 11.8. The SMILES string of the molecule is COCO[C@H]1[C@@H](C)[C@H](CC/C=C\[C@H](C)[C@H](OCc2ccc(OC)cc2)[C@@H](C)/C=C\CC[C@@H](OCc2ccc(OC)cc2)[C@H](C)[C@@H](OC(N)=O)C(C)C)O[C@@H](OC)[C@@H]1C. The van der Waals surface area contributed by atoms with Crippen molar-refractivity contribution in [3.8, 4) is 11.5 Å². The van der Waals surface area contributed by atoms with Crippen LogP contribution < -0.4 is 15.2 Å². The second kappa shape index (κ2) is 25.9. The predicted octanol–water partition coefficient (Wildman–Crippen LogP) is 9.51. The molecule has 2 N–H and O–H groups in total. The first-order valence-corrected chi connectivity index (χ1v) is 20.9. The Morgan fingerprint density at radius 2 is 1.31 bits per heavy atom. The van der Waals surface area contributed by atoms with Gasteiger partial charge in [-0.2, -0.15) is 0 Å². The zero-order valence-electron chi connectivity index (χ0n) is 37.0. The molecule has 11 heteroatoms. The molecule has 1 amide bonds. The molecule has 0 spiro atoms. The van der Waals surface area contributed by atoms with Gasteiger partial charge in [0.15, 0.2) is 6.29 Å². The Bertz CT molecular complexity index is 1480. The van der Waals surface area contributed by atoms with Crippen LogP contribution in [-0.4, -0.2) is 78.1 Å². The molecule has 3 rings (SSSR count). The average molecular weight is 812 g/mol. The van der Waals surface area contributed by atoms with Crippen LogP contribution in [0.3, 0.4) is 0 Å². The summed E-state index contributed by atoms with van der Waals surface area (Å²) < 4.78 is 52.9. The maximum Gasteiger partial charge on any atom is 0.404 e. The highest BCUT2D eigenvalue weighted by Gasteiger charge is 2.42. The summed E-state index contributed by atoms with van der Waals surface area (Å²) >= 11 is 0. The van der Waals surface area contributed by atoms with Gasteiger partial charge in [0.2, 0.25) is 0 Å². The van der Waals surface area contributed by atoms with Crippen LogP contribution in [0.15, 0.2) is 72.8 Å². The van der Waals surface area contributed by atoms with Crippen LogP contribution >= 0.6 is 0 Å². The summed E-state index contributed by atoms with van der Waals surface area (Å²) in [6.07, 6.45) is 10.4. The number of hydrogen-bond acceptors (Lipinski definition) is 10. The van der Waals surface area contributed by atoms with E-state index in [4.69, 9.17) is 48.4 Å². The zero-order valence-corrected chi connectivity index (χ0v) is 37.0. The maximum atomic E-state index is 11.8. The quantitative estimate of drug-likeness (QED) is 0.0725. The zero-order chi connectivity index (χ0) is 42.6. The van der Waals surface area contributed by atoms with Gasteiger partial charge in [-0.05, 0) is 67.0 Å². The Morgan fingerprint density at radius 1 is 0.759 bits per heavy atom. The molecule has 1 aliphatic rings. The first-order valence-electron chi connectivity index (χ1n) is 20.9. The van der Waals surface area contributed by atoms with Gasteiger partial charge in [0.25, 0.3) is 0 Å². The van der Waals surface area contributed by atoms with Gasteiger partial charge in [0, 0.05) is 43.8 Å². The molecular formula is C47H73NO10. The van der Waals surface area contributed by atoms with E-state index < -0.39 is 6.09 Å². The number of rotatable bonds is 26. The van der Waals surface area contributed by atoms with Crippen molar-refractivity contribution in [1.29, 1.82) is 0 Å². The Kier molecular flexibility index (Phi) is 21.9. The third-order valence-corrected chi connectivity index (χ3v) is 11.4. The van der Waals surface area contributed by atoms with Gasteiger partial charge in [-0.25, -0.2) is 4.79 Å². The highest BCUT2D eigenvalue weighted by atomic mass is 16.7. The van der Waals surface area contributed by atoms with E-state index in [1.165, 1.54) is 0 Å². The minimum atomic E-state index is -0.774. The van der Waals surface area contributed by atoms with Crippen molar-refractivity contribution < 1.29 is 47.4 Å². The summed E-state index contributed by atoms with van der Waals surface area (Å²) in [6.45, 7) is 16.0. The second-order valence-electron chi connectivity index (χ2n) is 16.1. The van der Waals surface area contributed by atoms with Gasteiger partial charge in [0.05, 0.1) is 51.8 Å². The normalized spacial score (nSPS) is 23.1. The van der Waals surface area contributed by atoms with Crippen molar-refractivity contribution in [2.75, 3.05) is 35.2 Å². The lowest BCUT2D eigenvalue weighted by Crippen LogP contribution is -2.50. The number of hydrogen-bond donors (Lipinski definition) is 1. The van der Waals surface area contributed by atoms with E-state index in [9.17, 15) is 4.79 Å². The van der Waals surface area contributed by atoms with Gasteiger partial charge in [-0.15, -0.1) is 0 Å². The molecule has 0 unspecified atom stereocenters. The predicted molar refractivity (Wildman–Crippen MR) is 227 cm³/mol. The average Bonchev–Trinajstić information content (AvgIpc) is 3.21. The fourth-order valence-electron chi connectivity index (χ4n) is 7.99. The standard InChI is InChI=1S/C47H73NO10/c1-31(2)43(58-47(48)49)34(5)41(54-28-37-20-24-39(51-9)25-21-37)18-14-12-16-32(3)44(55-29-38-22-26-40(52-10)27-23-38)33(4)17-13-15-19-42-35(6)45(56-30-50-8)36(7)46(53-11)57-42/h12-13,16-17,20-27,31-36,41-46H,14-15,18-19,28-30H2,1-11H3,(H2,48,49)/b16-12-,17-13-/t32-,33-,34-,35-,36+,41+,42-,43-,44+,45-,46+/m0/s1. The van der Waals surface area contributed by atoms with E-state index in [0.29, 0.717) is 13.2 Å². The van der Waals surface area contributed by atoms with Crippen LogP contribution in [0, 0.1) is 35.5 Å². The molecule has 1 aliphatic heterocycles. The number of methoxy groups -OCH3 is 4. The van der Waals surface area contributed by atoms with E-state index in [-0.39, 0.29) is 79.1 Å². The second-order valence-corrected chi connectivity index (χ2v) is 16.1. The molecule has 11 nitrogen and oxygen atoms in total. The Labute approximate surface area is 348 Å². The van der Waals surface area contributed by atoms with E-state index in [1.807, 2.05) is 62.4 Å². The molecule has 0 aromatic heterocycles. The fourth-order valence-corrected chi connectivity index (χ4v) is 7.99. The first kappa shape index (κ1) is 48.9. The number of primary amides is 1. The minimum absolute atomic E-state index is 0.00292. The van der Waals surface area contributed by atoms with Crippen molar-refractivity contribution >= 4 is 6.09 Å². The molecule has 0 radical (unpaired) electrons. The molecule has 326 valence electrons.